The second kappa shape index (κ2) is 4.91. The van der Waals surface area contributed by atoms with Gasteiger partial charge in [0, 0.05) is 7.05 Å². The Balaban J connectivity index is 2.62. The fraction of sp³-hybridized carbons (Fsp3) is 0.429. The highest BCUT2D eigenvalue weighted by Gasteiger charge is 2.34. The summed E-state index contributed by atoms with van der Waals surface area (Å²) in [6.07, 6.45) is 0. The van der Waals surface area contributed by atoms with Crippen LogP contribution in [0.4, 0.5) is 5.95 Å². The lowest BCUT2D eigenvalue weighted by Gasteiger charge is -2.26. The molecular formula is C14H19N3O2. The number of nitrogens with zero attached hydrogens (tertiary/aromatic N) is 2. The van der Waals surface area contributed by atoms with E-state index < -0.39 is 5.54 Å². The minimum atomic E-state index is -0.815. The molecule has 2 aromatic rings. The fourth-order valence-corrected chi connectivity index (χ4v) is 2.16. The van der Waals surface area contributed by atoms with E-state index in [-0.39, 0.29) is 5.97 Å². The van der Waals surface area contributed by atoms with E-state index in [4.69, 9.17) is 4.74 Å². The summed E-state index contributed by atoms with van der Waals surface area (Å²) in [5.74, 6) is 0.383. The molecule has 19 heavy (non-hydrogen) atoms. The highest BCUT2D eigenvalue weighted by molar-refractivity contribution is 5.85. The monoisotopic (exact) mass is 261 g/mol. The Morgan fingerprint density at radius 1 is 1.42 bits per heavy atom. The summed E-state index contributed by atoms with van der Waals surface area (Å²) in [5, 5.41) is 3.03. The molecule has 0 radical (unpaired) electrons. The zero-order valence-electron chi connectivity index (χ0n) is 11.7. The average molecular weight is 261 g/mol. The topological polar surface area (TPSA) is 56.1 Å². The molecule has 1 heterocycles. The van der Waals surface area contributed by atoms with Crippen molar-refractivity contribution in [2.24, 2.45) is 0 Å². The Morgan fingerprint density at radius 2 is 2.11 bits per heavy atom. The number of esters is 1. The maximum Gasteiger partial charge on any atom is 0.331 e. The standard InChI is InChI=1S/C14H19N3O2/c1-5-19-12(18)14(2,3)17-11-9-7-6-8-10(11)16-13(17)15-4/h6-9H,5H2,1-4H3,(H,15,16). The first-order chi connectivity index (χ1) is 9.02. The predicted octanol–water partition coefficient (Wildman–Crippen LogP) is 2.38. The van der Waals surface area contributed by atoms with Gasteiger partial charge in [0.1, 0.15) is 5.54 Å². The van der Waals surface area contributed by atoms with Crippen LogP contribution in [0.2, 0.25) is 0 Å². The minimum Gasteiger partial charge on any atom is -0.464 e. The van der Waals surface area contributed by atoms with Gasteiger partial charge in [0.2, 0.25) is 5.95 Å². The van der Waals surface area contributed by atoms with Gasteiger partial charge in [0.05, 0.1) is 17.6 Å². The molecule has 0 aliphatic heterocycles. The largest absolute Gasteiger partial charge is 0.464 e. The van der Waals surface area contributed by atoms with E-state index in [0.29, 0.717) is 12.6 Å². The molecule has 0 fully saturated rings. The van der Waals surface area contributed by atoms with Crippen molar-refractivity contribution in [3.8, 4) is 0 Å². The van der Waals surface area contributed by atoms with Gasteiger partial charge in [-0.2, -0.15) is 0 Å². The van der Waals surface area contributed by atoms with Crippen molar-refractivity contribution in [2.45, 2.75) is 26.3 Å². The third-order valence-electron chi connectivity index (χ3n) is 3.12. The quantitative estimate of drug-likeness (QED) is 0.858. The highest BCUT2D eigenvalue weighted by atomic mass is 16.5. The van der Waals surface area contributed by atoms with Crippen LogP contribution in [0.25, 0.3) is 11.0 Å². The zero-order chi connectivity index (χ0) is 14.0. The first-order valence-corrected chi connectivity index (χ1v) is 6.35. The maximum absolute atomic E-state index is 12.2. The number of rotatable bonds is 4. The van der Waals surface area contributed by atoms with E-state index in [1.165, 1.54) is 0 Å². The third kappa shape index (κ3) is 2.16. The van der Waals surface area contributed by atoms with Crippen LogP contribution in [0.3, 0.4) is 0 Å². The van der Waals surface area contributed by atoms with Crippen LogP contribution < -0.4 is 5.32 Å². The lowest BCUT2D eigenvalue weighted by atomic mass is 10.1. The van der Waals surface area contributed by atoms with Gasteiger partial charge < -0.3 is 10.1 Å². The Bertz CT molecular complexity index is 602. The highest BCUT2D eigenvalue weighted by Crippen LogP contribution is 2.29. The van der Waals surface area contributed by atoms with Gasteiger partial charge in [-0.05, 0) is 32.9 Å². The van der Waals surface area contributed by atoms with Crippen molar-refractivity contribution >= 4 is 23.0 Å². The van der Waals surface area contributed by atoms with E-state index >= 15 is 0 Å². The maximum atomic E-state index is 12.2. The number of anilines is 1. The van der Waals surface area contributed by atoms with Gasteiger partial charge >= 0.3 is 5.97 Å². The molecule has 0 aliphatic carbocycles. The summed E-state index contributed by atoms with van der Waals surface area (Å²) in [6, 6.07) is 7.73. The lowest BCUT2D eigenvalue weighted by Crippen LogP contribution is -2.38. The Morgan fingerprint density at radius 3 is 2.74 bits per heavy atom. The molecule has 0 saturated carbocycles. The van der Waals surface area contributed by atoms with Crippen molar-refractivity contribution in [2.75, 3.05) is 19.0 Å². The number of imidazole rings is 1. The lowest BCUT2D eigenvalue weighted by molar-refractivity contribution is -0.151. The first-order valence-electron chi connectivity index (χ1n) is 6.35. The van der Waals surface area contributed by atoms with Crippen LogP contribution >= 0.6 is 0 Å². The summed E-state index contributed by atoms with van der Waals surface area (Å²) in [4.78, 5) is 16.7. The molecule has 5 heteroatoms. The number of nitrogens with one attached hydrogen (secondary N) is 1. The number of hydrogen-bond donors (Lipinski definition) is 1. The number of hydrogen-bond acceptors (Lipinski definition) is 4. The Kier molecular flexibility index (Phi) is 3.46. The van der Waals surface area contributed by atoms with E-state index in [1.807, 2.05) is 42.7 Å². The molecular weight excluding hydrogens is 242 g/mol. The fourth-order valence-electron chi connectivity index (χ4n) is 2.16. The molecule has 0 unspecified atom stereocenters. The summed E-state index contributed by atoms with van der Waals surface area (Å²) in [7, 11) is 1.79. The summed E-state index contributed by atoms with van der Waals surface area (Å²) in [6.45, 7) is 5.84. The Hall–Kier alpha value is -2.04. The van der Waals surface area contributed by atoms with Crippen LogP contribution in [0.1, 0.15) is 20.8 Å². The van der Waals surface area contributed by atoms with Crippen LogP contribution in [0.5, 0.6) is 0 Å². The summed E-state index contributed by atoms with van der Waals surface area (Å²) >= 11 is 0. The number of carbonyl (C=O) groups excluding carboxylic acids is 1. The van der Waals surface area contributed by atoms with Crippen molar-refractivity contribution in [3.63, 3.8) is 0 Å². The third-order valence-corrected chi connectivity index (χ3v) is 3.12. The van der Waals surface area contributed by atoms with E-state index in [2.05, 4.69) is 10.3 Å². The second-order valence-electron chi connectivity index (χ2n) is 4.79. The first kappa shape index (κ1) is 13.4. The smallest absolute Gasteiger partial charge is 0.331 e. The Labute approximate surface area is 112 Å². The van der Waals surface area contributed by atoms with Crippen molar-refractivity contribution < 1.29 is 9.53 Å². The van der Waals surface area contributed by atoms with Crippen molar-refractivity contribution in [3.05, 3.63) is 24.3 Å². The predicted molar refractivity (Wildman–Crippen MR) is 75.2 cm³/mol. The van der Waals surface area contributed by atoms with Crippen LogP contribution in [0, 0.1) is 0 Å². The average Bonchev–Trinajstić information content (AvgIpc) is 2.77. The van der Waals surface area contributed by atoms with Gasteiger partial charge in [0.15, 0.2) is 0 Å². The summed E-state index contributed by atoms with van der Waals surface area (Å²) in [5.41, 5.74) is 0.943. The molecule has 1 aromatic heterocycles. The number of carbonyl (C=O) groups is 1. The second-order valence-corrected chi connectivity index (χ2v) is 4.79. The number of para-hydroxylation sites is 2. The molecule has 1 aromatic carbocycles. The van der Waals surface area contributed by atoms with Crippen molar-refractivity contribution in [1.29, 1.82) is 0 Å². The molecule has 0 saturated heterocycles. The van der Waals surface area contributed by atoms with Gasteiger partial charge in [-0.15, -0.1) is 0 Å². The zero-order valence-corrected chi connectivity index (χ0v) is 11.7. The molecule has 0 atom stereocenters. The van der Waals surface area contributed by atoms with Crippen molar-refractivity contribution in [1.82, 2.24) is 9.55 Å². The van der Waals surface area contributed by atoms with Gasteiger partial charge in [-0.1, -0.05) is 12.1 Å². The molecule has 5 nitrogen and oxygen atoms in total. The van der Waals surface area contributed by atoms with Crippen LogP contribution in [-0.4, -0.2) is 29.2 Å². The molecule has 2 rings (SSSR count). The molecule has 0 aliphatic rings. The SMILES string of the molecule is CCOC(=O)C(C)(C)n1c(NC)nc2ccccc21. The van der Waals surface area contributed by atoms with E-state index in [0.717, 1.165) is 11.0 Å². The van der Waals surface area contributed by atoms with Crippen LogP contribution in [-0.2, 0) is 15.1 Å². The molecule has 102 valence electrons. The van der Waals surface area contributed by atoms with Gasteiger partial charge in [0.25, 0.3) is 0 Å². The van der Waals surface area contributed by atoms with E-state index in [9.17, 15) is 4.79 Å². The van der Waals surface area contributed by atoms with Crippen LogP contribution in [0.15, 0.2) is 24.3 Å². The van der Waals surface area contributed by atoms with E-state index in [1.54, 1.807) is 14.0 Å². The molecule has 0 bridgehead atoms. The minimum absolute atomic E-state index is 0.269. The number of benzene rings is 1. The molecule has 1 N–H and O–H groups in total. The molecule has 0 amide bonds. The normalized spacial score (nSPS) is 11.6. The number of fused-ring (bicyclic) bond motifs is 1. The molecule has 0 spiro atoms. The van der Waals surface area contributed by atoms with Gasteiger partial charge in [-0.3, -0.25) is 4.57 Å². The number of aromatic nitrogens is 2. The van der Waals surface area contributed by atoms with Gasteiger partial charge in [-0.25, -0.2) is 9.78 Å². The number of ether oxygens (including phenoxy) is 1. The summed E-state index contributed by atoms with van der Waals surface area (Å²) < 4.78 is 7.04.